The predicted octanol–water partition coefficient (Wildman–Crippen LogP) is 2.92. The van der Waals surface area contributed by atoms with Gasteiger partial charge in [0.25, 0.3) is 5.91 Å². The normalized spacial score (nSPS) is 19.9. The van der Waals surface area contributed by atoms with Gasteiger partial charge >= 0.3 is 6.03 Å². The van der Waals surface area contributed by atoms with Gasteiger partial charge in [-0.1, -0.05) is 23.2 Å². The molecule has 2 aliphatic rings. The van der Waals surface area contributed by atoms with Crippen molar-refractivity contribution >= 4 is 40.8 Å². The number of halogens is 2. The molecule has 6 heteroatoms. The Balaban J connectivity index is 1.93. The number of urea groups is 1. The molecular weight excluding hydrogens is 275 g/mol. The minimum Gasteiger partial charge on any atom is -0.312 e. The van der Waals surface area contributed by atoms with Crippen LogP contribution in [0.3, 0.4) is 0 Å². The number of imide groups is 1. The van der Waals surface area contributed by atoms with Crippen LogP contribution in [0.5, 0.6) is 0 Å². The molecule has 1 aliphatic heterocycles. The molecular formula is C12H10Cl2N2O2. The summed E-state index contributed by atoms with van der Waals surface area (Å²) in [7, 11) is 0. The number of rotatable bonds is 2. The molecule has 0 radical (unpaired) electrons. The Labute approximate surface area is 114 Å². The van der Waals surface area contributed by atoms with Gasteiger partial charge in [-0.3, -0.25) is 4.79 Å². The van der Waals surface area contributed by atoms with Crippen molar-refractivity contribution in [2.45, 2.75) is 18.9 Å². The lowest BCUT2D eigenvalue weighted by atomic mass is 10.3. The van der Waals surface area contributed by atoms with Crippen molar-refractivity contribution in [3.63, 3.8) is 0 Å². The van der Waals surface area contributed by atoms with E-state index in [9.17, 15) is 9.59 Å². The van der Waals surface area contributed by atoms with Gasteiger partial charge in [0.05, 0.1) is 15.7 Å². The van der Waals surface area contributed by atoms with Crippen molar-refractivity contribution in [3.8, 4) is 0 Å². The molecule has 0 unspecified atom stereocenters. The number of hydrogen-bond acceptors (Lipinski definition) is 2. The molecule has 1 aliphatic carbocycles. The minimum atomic E-state index is -0.263. The van der Waals surface area contributed by atoms with Crippen molar-refractivity contribution in [2.75, 3.05) is 11.4 Å². The lowest BCUT2D eigenvalue weighted by Gasteiger charge is -2.16. The van der Waals surface area contributed by atoms with Crippen LogP contribution < -0.4 is 4.90 Å². The molecule has 3 rings (SSSR count). The molecule has 0 bridgehead atoms. The summed E-state index contributed by atoms with van der Waals surface area (Å²) in [6.07, 6.45) is 1.96. The minimum absolute atomic E-state index is 0.156. The quantitative estimate of drug-likeness (QED) is 0.784. The number of benzene rings is 1. The summed E-state index contributed by atoms with van der Waals surface area (Å²) in [6.45, 7) is 0.156. The summed E-state index contributed by atoms with van der Waals surface area (Å²) in [5, 5.41) is 0.734. The van der Waals surface area contributed by atoms with Crippen LogP contribution in [0.4, 0.5) is 10.5 Å². The van der Waals surface area contributed by atoms with Crippen molar-refractivity contribution in [3.05, 3.63) is 28.2 Å². The topological polar surface area (TPSA) is 40.6 Å². The van der Waals surface area contributed by atoms with Crippen LogP contribution in [0.1, 0.15) is 12.8 Å². The Bertz CT molecular complexity index is 543. The van der Waals surface area contributed by atoms with E-state index < -0.39 is 0 Å². The van der Waals surface area contributed by atoms with E-state index >= 15 is 0 Å². The summed E-state index contributed by atoms with van der Waals surface area (Å²) >= 11 is 11.7. The third-order valence-corrected chi connectivity index (χ3v) is 3.88. The fourth-order valence-corrected chi connectivity index (χ4v) is 2.36. The van der Waals surface area contributed by atoms with E-state index in [0.717, 1.165) is 12.8 Å². The number of hydrogen-bond donors (Lipinski definition) is 0. The van der Waals surface area contributed by atoms with Crippen molar-refractivity contribution in [2.24, 2.45) is 0 Å². The fourth-order valence-electron chi connectivity index (χ4n) is 2.07. The monoisotopic (exact) mass is 284 g/mol. The Morgan fingerprint density at radius 2 is 1.83 bits per heavy atom. The van der Waals surface area contributed by atoms with E-state index in [1.807, 2.05) is 0 Å². The number of carbonyl (C=O) groups excluding carboxylic acids is 2. The van der Waals surface area contributed by atoms with Crippen LogP contribution in [-0.2, 0) is 4.79 Å². The van der Waals surface area contributed by atoms with Crippen molar-refractivity contribution in [1.82, 2.24) is 4.90 Å². The Morgan fingerprint density at radius 3 is 2.44 bits per heavy atom. The highest BCUT2D eigenvalue weighted by atomic mass is 35.5. The Hall–Kier alpha value is -1.26. The van der Waals surface area contributed by atoms with Crippen LogP contribution in [0, 0.1) is 0 Å². The maximum atomic E-state index is 12.1. The molecule has 3 amide bonds. The van der Waals surface area contributed by atoms with Crippen LogP contribution in [0.2, 0.25) is 10.0 Å². The standard InChI is InChI=1S/C12H10Cl2N2O2/c13-9-4-3-8(5-10(9)14)16-11(17)6-15(12(16)18)7-1-2-7/h3-5,7H,1-2,6H2. The number of anilines is 1. The highest BCUT2D eigenvalue weighted by Gasteiger charge is 2.44. The van der Waals surface area contributed by atoms with Crippen LogP contribution in [0.15, 0.2) is 18.2 Å². The molecule has 18 heavy (non-hydrogen) atoms. The first-order chi connectivity index (χ1) is 8.58. The van der Waals surface area contributed by atoms with Gasteiger partial charge in [0.15, 0.2) is 0 Å². The largest absolute Gasteiger partial charge is 0.332 e. The van der Waals surface area contributed by atoms with E-state index in [0.29, 0.717) is 15.7 Å². The number of nitrogens with zero attached hydrogens (tertiary/aromatic N) is 2. The third-order valence-electron chi connectivity index (χ3n) is 3.14. The van der Waals surface area contributed by atoms with Crippen LogP contribution >= 0.6 is 23.2 Å². The van der Waals surface area contributed by atoms with Gasteiger partial charge in [-0.25, -0.2) is 9.69 Å². The van der Waals surface area contributed by atoms with E-state index in [-0.39, 0.29) is 24.5 Å². The third kappa shape index (κ3) is 1.85. The Kier molecular flexibility index (Phi) is 2.72. The van der Waals surface area contributed by atoms with Gasteiger partial charge in [-0.15, -0.1) is 0 Å². The lowest BCUT2D eigenvalue weighted by molar-refractivity contribution is -0.116. The maximum absolute atomic E-state index is 12.1. The van der Waals surface area contributed by atoms with E-state index in [1.54, 1.807) is 17.0 Å². The molecule has 2 fully saturated rings. The van der Waals surface area contributed by atoms with Gasteiger partial charge in [0, 0.05) is 6.04 Å². The van der Waals surface area contributed by atoms with Gasteiger partial charge in [0.1, 0.15) is 6.54 Å². The summed E-state index contributed by atoms with van der Waals surface area (Å²) in [5.74, 6) is -0.217. The molecule has 1 saturated carbocycles. The average Bonchev–Trinajstić information content (AvgIpc) is 3.11. The van der Waals surface area contributed by atoms with Gasteiger partial charge in [-0.2, -0.15) is 0 Å². The molecule has 1 saturated heterocycles. The smallest absolute Gasteiger partial charge is 0.312 e. The highest BCUT2D eigenvalue weighted by molar-refractivity contribution is 6.42. The molecule has 1 heterocycles. The summed E-state index contributed by atoms with van der Waals surface area (Å²) in [4.78, 5) is 26.8. The lowest BCUT2D eigenvalue weighted by Crippen LogP contribution is -2.34. The Morgan fingerprint density at radius 1 is 1.11 bits per heavy atom. The summed E-state index contributed by atoms with van der Waals surface area (Å²) < 4.78 is 0. The van der Waals surface area contributed by atoms with Crippen LogP contribution in [0.25, 0.3) is 0 Å². The zero-order valence-electron chi connectivity index (χ0n) is 9.40. The van der Waals surface area contributed by atoms with E-state index in [4.69, 9.17) is 23.2 Å². The first kappa shape index (κ1) is 11.8. The van der Waals surface area contributed by atoms with Crippen LogP contribution in [-0.4, -0.2) is 29.4 Å². The zero-order valence-corrected chi connectivity index (χ0v) is 10.9. The molecule has 0 atom stereocenters. The van der Waals surface area contributed by atoms with Crippen molar-refractivity contribution < 1.29 is 9.59 Å². The molecule has 4 nitrogen and oxygen atoms in total. The van der Waals surface area contributed by atoms with E-state index in [2.05, 4.69) is 0 Å². The predicted molar refractivity (Wildman–Crippen MR) is 69.1 cm³/mol. The summed E-state index contributed by atoms with van der Waals surface area (Å²) in [6, 6.07) is 4.71. The maximum Gasteiger partial charge on any atom is 0.332 e. The van der Waals surface area contributed by atoms with Crippen molar-refractivity contribution in [1.29, 1.82) is 0 Å². The first-order valence-corrected chi connectivity index (χ1v) is 6.42. The van der Waals surface area contributed by atoms with Gasteiger partial charge in [0.2, 0.25) is 0 Å². The molecule has 0 aromatic heterocycles. The number of amides is 3. The highest BCUT2D eigenvalue weighted by Crippen LogP contribution is 2.34. The second kappa shape index (κ2) is 4.14. The van der Waals surface area contributed by atoms with E-state index in [1.165, 1.54) is 11.0 Å². The fraction of sp³-hybridized carbons (Fsp3) is 0.333. The average molecular weight is 285 g/mol. The molecule has 1 aromatic rings. The molecule has 1 aromatic carbocycles. The second-order valence-electron chi connectivity index (χ2n) is 4.47. The summed E-state index contributed by atoms with van der Waals surface area (Å²) in [5.41, 5.74) is 0.475. The van der Waals surface area contributed by atoms with Gasteiger partial charge in [-0.05, 0) is 31.0 Å². The molecule has 0 N–H and O–H groups in total. The van der Waals surface area contributed by atoms with Gasteiger partial charge < -0.3 is 4.90 Å². The molecule has 0 spiro atoms. The first-order valence-electron chi connectivity index (χ1n) is 5.66. The zero-order chi connectivity index (χ0) is 12.9. The second-order valence-corrected chi connectivity index (χ2v) is 5.28. The number of carbonyl (C=O) groups is 2. The SMILES string of the molecule is O=C1CN(C2CC2)C(=O)N1c1ccc(Cl)c(Cl)c1. The molecule has 94 valence electrons.